The Morgan fingerprint density at radius 3 is 2.29 bits per heavy atom. The van der Waals surface area contributed by atoms with E-state index in [1.807, 2.05) is 56.3 Å². The number of carbonyl (C=O) groups excluding carboxylic acids is 2. The number of aliphatic hydroxyl groups excluding tert-OH is 2. The Bertz CT molecular complexity index is 1340. The molecule has 1 aliphatic rings. The van der Waals surface area contributed by atoms with Crippen LogP contribution in [0.4, 0.5) is 32.3 Å². The summed E-state index contributed by atoms with van der Waals surface area (Å²) in [4.78, 5) is 29.4. The molecule has 0 aromatic heterocycles. The largest absolute Gasteiger partial charge is 0.495 e. The van der Waals surface area contributed by atoms with Gasteiger partial charge in [0.2, 0.25) is 0 Å². The minimum Gasteiger partial charge on any atom is -0.495 e. The van der Waals surface area contributed by atoms with Crippen LogP contribution in [0.15, 0.2) is 60.7 Å². The highest BCUT2D eigenvalue weighted by molar-refractivity contribution is 6.00. The van der Waals surface area contributed by atoms with E-state index in [2.05, 4.69) is 20.9 Å². The lowest BCUT2D eigenvalue weighted by Crippen LogP contribution is -2.50. The molecule has 0 bridgehead atoms. The number of amides is 4. The van der Waals surface area contributed by atoms with Crippen LogP contribution in [0, 0.1) is 13.8 Å². The number of nitrogens with one attached hydrogen (secondary N) is 3. The van der Waals surface area contributed by atoms with Gasteiger partial charge < -0.3 is 45.4 Å². The van der Waals surface area contributed by atoms with E-state index in [9.17, 15) is 14.7 Å². The number of carbonyl (C=O) groups is 2. The van der Waals surface area contributed by atoms with E-state index < -0.39 is 6.10 Å². The summed E-state index contributed by atoms with van der Waals surface area (Å²) in [6, 6.07) is 17.9. The third-order valence-electron chi connectivity index (χ3n) is 6.75. The fourth-order valence-corrected chi connectivity index (χ4v) is 4.43. The van der Waals surface area contributed by atoms with Gasteiger partial charge in [0.25, 0.3) is 0 Å². The molecule has 1 heterocycles. The number of nitrogens with zero attached hydrogens (tertiary/aromatic N) is 2. The average Bonchev–Trinajstić information content (AvgIpc) is 2.97. The zero-order valence-corrected chi connectivity index (χ0v) is 23.5. The predicted molar refractivity (Wildman–Crippen MR) is 159 cm³/mol. The zero-order chi connectivity index (χ0) is 29.4. The Morgan fingerprint density at radius 1 is 0.902 bits per heavy atom. The van der Waals surface area contributed by atoms with E-state index in [-0.39, 0.29) is 25.3 Å². The number of piperazine rings is 1. The Morgan fingerprint density at radius 2 is 1.63 bits per heavy atom. The molecule has 41 heavy (non-hydrogen) atoms. The number of hydrogen-bond donors (Lipinski definition) is 5. The molecule has 1 atom stereocenters. The number of benzene rings is 3. The third kappa shape index (κ3) is 8.03. The van der Waals surface area contributed by atoms with Crippen molar-refractivity contribution >= 4 is 34.8 Å². The van der Waals surface area contributed by atoms with Crippen LogP contribution < -0.4 is 30.3 Å². The number of hydrogen-bond acceptors (Lipinski definition) is 7. The summed E-state index contributed by atoms with van der Waals surface area (Å²) >= 11 is 0. The topological polar surface area (TPSA) is 136 Å². The molecule has 1 fully saturated rings. The molecule has 3 aromatic carbocycles. The molecule has 0 spiro atoms. The Kier molecular flexibility index (Phi) is 9.88. The van der Waals surface area contributed by atoms with Crippen molar-refractivity contribution in [1.82, 2.24) is 4.90 Å². The summed E-state index contributed by atoms with van der Waals surface area (Å²) in [7, 11) is 1.56. The molecule has 218 valence electrons. The van der Waals surface area contributed by atoms with E-state index in [1.165, 1.54) is 0 Å². The minimum atomic E-state index is -0.941. The fourth-order valence-electron chi connectivity index (χ4n) is 4.43. The molecular weight excluding hydrogens is 526 g/mol. The highest BCUT2D eigenvalue weighted by Crippen LogP contribution is 2.26. The van der Waals surface area contributed by atoms with Gasteiger partial charge in [-0.3, -0.25) is 0 Å². The lowest BCUT2D eigenvalue weighted by Gasteiger charge is -2.36. The molecule has 0 aliphatic carbocycles. The monoisotopic (exact) mass is 563 g/mol. The van der Waals surface area contributed by atoms with Crippen LogP contribution >= 0.6 is 0 Å². The molecule has 4 rings (SSSR count). The molecule has 11 heteroatoms. The number of methoxy groups -OCH3 is 1. The number of aliphatic hydroxyl groups is 2. The van der Waals surface area contributed by atoms with E-state index in [4.69, 9.17) is 14.6 Å². The first-order valence-electron chi connectivity index (χ1n) is 13.4. The van der Waals surface area contributed by atoms with Gasteiger partial charge in [0.1, 0.15) is 24.2 Å². The van der Waals surface area contributed by atoms with Gasteiger partial charge in [-0.2, -0.15) is 0 Å². The van der Waals surface area contributed by atoms with Crippen molar-refractivity contribution in [3.05, 3.63) is 71.8 Å². The van der Waals surface area contributed by atoms with E-state index in [0.717, 1.165) is 16.8 Å². The number of aryl methyl sites for hydroxylation is 2. The maximum absolute atomic E-state index is 12.9. The van der Waals surface area contributed by atoms with Crippen LogP contribution in [0.25, 0.3) is 0 Å². The molecule has 1 saturated heterocycles. The second-order valence-corrected chi connectivity index (χ2v) is 9.86. The minimum absolute atomic E-state index is 0.00978. The van der Waals surface area contributed by atoms with Crippen molar-refractivity contribution in [3.63, 3.8) is 0 Å². The van der Waals surface area contributed by atoms with Gasteiger partial charge >= 0.3 is 12.1 Å². The van der Waals surface area contributed by atoms with Crippen molar-refractivity contribution in [2.75, 3.05) is 67.4 Å². The number of ether oxygens (including phenoxy) is 2. The van der Waals surface area contributed by atoms with E-state index in [0.29, 0.717) is 54.7 Å². The predicted octanol–water partition coefficient (Wildman–Crippen LogP) is 4.04. The van der Waals surface area contributed by atoms with Gasteiger partial charge in [-0.25, -0.2) is 9.59 Å². The summed E-state index contributed by atoms with van der Waals surface area (Å²) in [5, 5.41) is 27.0. The van der Waals surface area contributed by atoms with E-state index >= 15 is 0 Å². The number of rotatable bonds is 9. The maximum atomic E-state index is 12.9. The average molecular weight is 564 g/mol. The summed E-state index contributed by atoms with van der Waals surface area (Å²) in [5.41, 5.74) is 4.78. The molecule has 0 radical (unpaired) electrons. The summed E-state index contributed by atoms with van der Waals surface area (Å²) in [6.45, 7) is 5.90. The van der Waals surface area contributed by atoms with Gasteiger partial charge in [0, 0.05) is 43.2 Å². The summed E-state index contributed by atoms with van der Waals surface area (Å²) in [5.74, 6) is 1.14. The number of urea groups is 2. The van der Waals surface area contributed by atoms with Crippen molar-refractivity contribution in [2.24, 2.45) is 0 Å². The number of anilines is 4. The highest BCUT2D eigenvalue weighted by Gasteiger charge is 2.22. The summed E-state index contributed by atoms with van der Waals surface area (Å²) < 4.78 is 10.8. The fraction of sp³-hybridized carbons (Fsp3) is 0.333. The van der Waals surface area contributed by atoms with Gasteiger partial charge in [-0.05, 0) is 79.6 Å². The molecule has 0 saturated carbocycles. The summed E-state index contributed by atoms with van der Waals surface area (Å²) in [6.07, 6.45) is -0.941. The second kappa shape index (κ2) is 13.7. The Labute approximate surface area is 239 Å². The van der Waals surface area contributed by atoms with E-state index in [1.54, 1.807) is 30.2 Å². The third-order valence-corrected chi connectivity index (χ3v) is 6.75. The molecule has 5 N–H and O–H groups in total. The van der Waals surface area contributed by atoms with Crippen LogP contribution in [0.1, 0.15) is 11.1 Å². The van der Waals surface area contributed by atoms with Crippen LogP contribution in [-0.2, 0) is 0 Å². The lowest BCUT2D eigenvalue weighted by atomic mass is 10.2. The Hall–Kier alpha value is -4.48. The quantitative estimate of drug-likeness (QED) is 0.265. The van der Waals surface area contributed by atoms with Gasteiger partial charge in [-0.15, -0.1) is 0 Å². The van der Waals surface area contributed by atoms with Crippen molar-refractivity contribution in [1.29, 1.82) is 0 Å². The van der Waals surface area contributed by atoms with Crippen LogP contribution in [-0.4, -0.2) is 79.8 Å². The van der Waals surface area contributed by atoms with Crippen LogP contribution in [0.5, 0.6) is 11.5 Å². The standard InChI is InChI=1S/C30H37N5O6/c1-20-4-11-28(40-3)27(16-20)32-29(38)31-22-5-7-23(8-6-22)34-12-14-35(15-13-34)30(39)33-26-10-9-25(17-21(26)2)41-19-24(37)18-36/h4-11,16-17,24,36-37H,12-15,18-19H2,1-3H3,(H,33,39)(H2,31,32,38). The lowest BCUT2D eigenvalue weighted by molar-refractivity contribution is 0.0536. The molecule has 11 nitrogen and oxygen atoms in total. The maximum Gasteiger partial charge on any atom is 0.323 e. The molecule has 4 amide bonds. The van der Waals surface area contributed by atoms with Gasteiger partial charge in [-0.1, -0.05) is 6.07 Å². The Balaban J connectivity index is 1.25. The van der Waals surface area contributed by atoms with Gasteiger partial charge in [0.15, 0.2) is 0 Å². The smallest absolute Gasteiger partial charge is 0.323 e. The van der Waals surface area contributed by atoms with Gasteiger partial charge in [0.05, 0.1) is 19.4 Å². The van der Waals surface area contributed by atoms with Crippen molar-refractivity contribution in [3.8, 4) is 11.5 Å². The van der Waals surface area contributed by atoms with Crippen molar-refractivity contribution in [2.45, 2.75) is 20.0 Å². The molecule has 1 unspecified atom stereocenters. The second-order valence-electron chi connectivity index (χ2n) is 9.86. The molecule has 1 aliphatic heterocycles. The first-order valence-corrected chi connectivity index (χ1v) is 13.4. The normalized spacial score (nSPS) is 13.8. The van der Waals surface area contributed by atoms with Crippen LogP contribution in [0.3, 0.4) is 0 Å². The first-order chi connectivity index (χ1) is 19.7. The SMILES string of the molecule is COc1ccc(C)cc1NC(=O)Nc1ccc(N2CCN(C(=O)Nc3ccc(OCC(O)CO)cc3C)CC2)cc1. The zero-order valence-electron chi connectivity index (χ0n) is 23.5. The first kappa shape index (κ1) is 29.5. The molecule has 3 aromatic rings. The highest BCUT2D eigenvalue weighted by atomic mass is 16.5. The van der Waals surface area contributed by atoms with Crippen molar-refractivity contribution < 1.29 is 29.3 Å². The van der Waals surface area contributed by atoms with Crippen LogP contribution in [0.2, 0.25) is 0 Å². The molecular formula is C30H37N5O6.